The van der Waals surface area contributed by atoms with Gasteiger partial charge >= 0.3 is 0 Å². The lowest BCUT2D eigenvalue weighted by atomic mass is 9.80. The van der Waals surface area contributed by atoms with Crippen LogP contribution >= 0.6 is 0 Å². The Morgan fingerprint density at radius 2 is 2.22 bits per heavy atom. The second-order valence-electron chi connectivity index (χ2n) is 7.15. The molecule has 1 atom stereocenters. The maximum Gasteiger partial charge on any atom is 0.223 e. The lowest BCUT2D eigenvalue weighted by molar-refractivity contribution is 0.0527. The summed E-state index contributed by atoms with van der Waals surface area (Å²) < 4.78 is 37.4. The van der Waals surface area contributed by atoms with Crippen molar-refractivity contribution in [2.75, 3.05) is 30.8 Å². The fraction of sp³-hybridized carbons (Fsp3) is 0.556. The first-order chi connectivity index (χ1) is 12.9. The van der Waals surface area contributed by atoms with Crippen LogP contribution in [0.15, 0.2) is 22.8 Å². The Hall–Kier alpha value is -1.97. The molecule has 4 rings (SSSR count). The highest BCUT2D eigenvalue weighted by Gasteiger charge is 2.48. The summed E-state index contributed by atoms with van der Waals surface area (Å²) in [6.07, 6.45) is 2.33. The average Bonchev–Trinajstić information content (AvgIpc) is 3.32. The average molecular weight is 392 g/mol. The molecule has 8 nitrogen and oxygen atoms in total. The number of sulfonamides is 1. The van der Waals surface area contributed by atoms with Crippen LogP contribution in [-0.4, -0.2) is 48.1 Å². The van der Waals surface area contributed by atoms with E-state index >= 15 is 0 Å². The van der Waals surface area contributed by atoms with Crippen LogP contribution in [0.4, 0.5) is 5.95 Å². The predicted molar refractivity (Wildman–Crippen MR) is 99.8 cm³/mol. The minimum Gasteiger partial charge on any atom is -0.467 e. The highest BCUT2D eigenvalue weighted by molar-refractivity contribution is 7.89. The number of nitrogens with zero attached hydrogens (tertiary/aromatic N) is 3. The molecule has 0 aliphatic carbocycles. The topological polar surface area (TPSA) is 97.6 Å². The van der Waals surface area contributed by atoms with E-state index in [9.17, 15) is 8.42 Å². The largest absolute Gasteiger partial charge is 0.467 e. The summed E-state index contributed by atoms with van der Waals surface area (Å²) in [4.78, 5) is 9.33. The fourth-order valence-electron chi connectivity index (χ4n) is 3.85. The van der Waals surface area contributed by atoms with Crippen molar-refractivity contribution < 1.29 is 17.6 Å². The first-order valence-electron chi connectivity index (χ1n) is 9.13. The van der Waals surface area contributed by atoms with Crippen LogP contribution < -0.4 is 5.32 Å². The van der Waals surface area contributed by atoms with E-state index < -0.39 is 15.4 Å². The number of ether oxygens (including phenoxy) is 1. The second kappa shape index (κ2) is 6.88. The number of furan rings is 1. The van der Waals surface area contributed by atoms with Gasteiger partial charge in [-0.3, -0.25) is 0 Å². The Balaban J connectivity index is 1.65. The predicted octanol–water partition coefficient (Wildman–Crippen LogP) is 1.81. The summed E-state index contributed by atoms with van der Waals surface area (Å²) in [6, 6.07) is 3.72. The van der Waals surface area contributed by atoms with Crippen molar-refractivity contribution in [1.29, 1.82) is 0 Å². The SMILES string of the molecule is CCS(=O)(=O)N1CC[C@]2(COCc3c(C)nc(NCc4ccco4)nc32)C1. The Bertz CT molecular complexity index is 929. The molecule has 0 amide bonds. The molecule has 0 bridgehead atoms. The van der Waals surface area contributed by atoms with Gasteiger partial charge in [-0.25, -0.2) is 22.7 Å². The summed E-state index contributed by atoms with van der Waals surface area (Å²) in [5.74, 6) is 1.43. The van der Waals surface area contributed by atoms with Crippen molar-refractivity contribution in [1.82, 2.24) is 14.3 Å². The van der Waals surface area contributed by atoms with Crippen molar-refractivity contribution in [2.24, 2.45) is 0 Å². The molecule has 0 radical (unpaired) electrons. The number of fused-ring (bicyclic) bond motifs is 2. The number of aryl methyl sites for hydroxylation is 1. The van der Waals surface area contributed by atoms with Gasteiger partial charge in [-0.05, 0) is 32.4 Å². The number of nitrogens with one attached hydrogen (secondary N) is 1. The molecular weight excluding hydrogens is 368 g/mol. The minimum atomic E-state index is -3.23. The standard InChI is InChI=1S/C18H24N4O4S/c1-3-27(23,24)22-7-6-18(11-22)12-25-10-15-13(2)20-17(21-16(15)18)19-9-14-5-4-8-26-14/h4-5,8H,3,6-7,9-12H2,1-2H3,(H,19,20,21)/t18-/m1/s1. The number of anilines is 1. The van der Waals surface area contributed by atoms with Crippen molar-refractivity contribution in [3.63, 3.8) is 0 Å². The molecule has 27 heavy (non-hydrogen) atoms. The Morgan fingerprint density at radius 1 is 1.37 bits per heavy atom. The molecule has 2 aliphatic rings. The van der Waals surface area contributed by atoms with E-state index in [1.54, 1.807) is 17.5 Å². The van der Waals surface area contributed by atoms with Gasteiger partial charge in [-0.1, -0.05) is 0 Å². The molecule has 146 valence electrons. The van der Waals surface area contributed by atoms with Gasteiger partial charge in [0.2, 0.25) is 16.0 Å². The lowest BCUT2D eigenvalue weighted by Crippen LogP contribution is -2.42. The fourth-order valence-corrected chi connectivity index (χ4v) is 5.03. The lowest BCUT2D eigenvalue weighted by Gasteiger charge is -2.35. The van der Waals surface area contributed by atoms with Gasteiger partial charge < -0.3 is 14.5 Å². The third kappa shape index (κ3) is 3.35. The molecule has 0 aromatic carbocycles. The van der Waals surface area contributed by atoms with Crippen molar-refractivity contribution in [3.05, 3.63) is 41.1 Å². The van der Waals surface area contributed by atoms with Gasteiger partial charge in [0.1, 0.15) is 5.76 Å². The monoisotopic (exact) mass is 392 g/mol. The summed E-state index contributed by atoms with van der Waals surface area (Å²) in [7, 11) is -3.23. The maximum absolute atomic E-state index is 12.3. The molecule has 2 aromatic rings. The smallest absolute Gasteiger partial charge is 0.223 e. The van der Waals surface area contributed by atoms with Crippen LogP contribution in [0.5, 0.6) is 0 Å². The van der Waals surface area contributed by atoms with Crippen molar-refractivity contribution >= 4 is 16.0 Å². The molecule has 0 saturated carbocycles. The van der Waals surface area contributed by atoms with Gasteiger partial charge in [0.25, 0.3) is 0 Å². The van der Waals surface area contributed by atoms with Crippen molar-refractivity contribution in [2.45, 2.75) is 38.8 Å². The highest BCUT2D eigenvalue weighted by atomic mass is 32.2. The highest BCUT2D eigenvalue weighted by Crippen LogP contribution is 2.41. The summed E-state index contributed by atoms with van der Waals surface area (Å²) >= 11 is 0. The van der Waals surface area contributed by atoms with Gasteiger partial charge in [0.15, 0.2) is 0 Å². The van der Waals surface area contributed by atoms with Crippen LogP contribution in [0, 0.1) is 6.92 Å². The van der Waals surface area contributed by atoms with Gasteiger partial charge in [-0.2, -0.15) is 0 Å². The zero-order valence-corrected chi connectivity index (χ0v) is 16.4. The van der Waals surface area contributed by atoms with Crippen LogP contribution in [0.25, 0.3) is 0 Å². The summed E-state index contributed by atoms with van der Waals surface area (Å²) in [5.41, 5.74) is 2.33. The molecule has 1 saturated heterocycles. The Labute approximate surface area is 159 Å². The zero-order valence-electron chi connectivity index (χ0n) is 15.6. The Morgan fingerprint density at radius 3 is 2.96 bits per heavy atom. The van der Waals surface area contributed by atoms with E-state index in [4.69, 9.17) is 14.1 Å². The molecule has 1 fully saturated rings. The van der Waals surface area contributed by atoms with E-state index in [2.05, 4.69) is 10.3 Å². The molecule has 2 aromatic heterocycles. The zero-order chi connectivity index (χ0) is 19.1. The Kier molecular flexibility index (Phi) is 4.69. The molecule has 1 spiro atoms. The van der Waals surface area contributed by atoms with Gasteiger partial charge in [0.05, 0.1) is 42.9 Å². The third-order valence-electron chi connectivity index (χ3n) is 5.42. The molecule has 0 unspecified atom stereocenters. The van der Waals surface area contributed by atoms with E-state index in [1.807, 2.05) is 19.1 Å². The molecule has 9 heteroatoms. The number of hydrogen-bond acceptors (Lipinski definition) is 7. The number of rotatable bonds is 5. The van der Waals surface area contributed by atoms with E-state index in [-0.39, 0.29) is 5.75 Å². The molecule has 1 N–H and O–H groups in total. The van der Waals surface area contributed by atoms with Crippen LogP contribution in [0.2, 0.25) is 0 Å². The third-order valence-corrected chi connectivity index (χ3v) is 7.25. The van der Waals surface area contributed by atoms with Crippen molar-refractivity contribution in [3.8, 4) is 0 Å². The summed E-state index contributed by atoms with van der Waals surface area (Å²) in [5, 5.41) is 3.21. The van der Waals surface area contributed by atoms with E-state index in [0.29, 0.717) is 45.2 Å². The maximum atomic E-state index is 12.3. The number of hydrogen-bond donors (Lipinski definition) is 1. The second-order valence-corrected chi connectivity index (χ2v) is 9.41. The van der Waals surface area contributed by atoms with Gasteiger partial charge in [0, 0.05) is 24.3 Å². The van der Waals surface area contributed by atoms with Crippen LogP contribution in [0.1, 0.15) is 36.1 Å². The van der Waals surface area contributed by atoms with Gasteiger partial charge in [-0.15, -0.1) is 0 Å². The van der Waals surface area contributed by atoms with E-state index in [1.165, 1.54) is 0 Å². The minimum absolute atomic E-state index is 0.107. The molecule has 4 heterocycles. The first-order valence-corrected chi connectivity index (χ1v) is 10.7. The first kappa shape index (κ1) is 18.4. The van der Waals surface area contributed by atoms with Crippen LogP contribution in [-0.2, 0) is 33.3 Å². The molecular formula is C18H24N4O4S. The molecule has 2 aliphatic heterocycles. The summed E-state index contributed by atoms with van der Waals surface area (Å²) in [6.45, 7) is 5.95. The normalized spacial score (nSPS) is 22.9. The quantitative estimate of drug-likeness (QED) is 0.829. The van der Waals surface area contributed by atoms with E-state index in [0.717, 1.165) is 22.7 Å². The number of aromatic nitrogens is 2. The van der Waals surface area contributed by atoms with Crippen LogP contribution in [0.3, 0.4) is 0 Å².